The summed E-state index contributed by atoms with van der Waals surface area (Å²) < 4.78 is 4.75. The summed E-state index contributed by atoms with van der Waals surface area (Å²) in [5.41, 5.74) is 1.80. The van der Waals surface area contributed by atoms with Gasteiger partial charge in [0.25, 0.3) is 36.8 Å². The molecule has 0 atom stereocenters. The van der Waals surface area contributed by atoms with Gasteiger partial charge in [0.1, 0.15) is 0 Å². The minimum absolute atomic E-state index is 0.109. The number of hydrogen-bond donors (Lipinski definition) is 0. The fraction of sp³-hybridized carbons (Fsp3) is 0. The van der Waals surface area contributed by atoms with Gasteiger partial charge in [0.2, 0.25) is 0 Å². The zero-order valence-electron chi connectivity index (χ0n) is 12.8. The maximum atomic E-state index is 11.8. The summed E-state index contributed by atoms with van der Waals surface area (Å²) in [6, 6.07) is 12.2. The molecule has 2 rings (SSSR count). The van der Waals surface area contributed by atoms with Crippen molar-refractivity contribution in [3.63, 3.8) is 0 Å². The molecule has 0 aliphatic carbocycles. The van der Waals surface area contributed by atoms with Gasteiger partial charge in [-0.1, -0.05) is 59.5 Å². The molecule has 0 fully saturated rings. The molecule has 9 heteroatoms. The van der Waals surface area contributed by atoms with E-state index in [1.54, 1.807) is 24.3 Å². The first-order chi connectivity index (χ1) is 11.8. The highest BCUT2D eigenvalue weighted by molar-refractivity contribution is 6.87. The highest BCUT2D eigenvalue weighted by Gasteiger charge is 2.15. The van der Waals surface area contributed by atoms with E-state index in [-0.39, 0.29) is 14.6 Å². The van der Waals surface area contributed by atoms with Crippen LogP contribution in [0.5, 0.6) is 0 Å². The number of ether oxygens (including phenoxy) is 1. The smallest absolute Gasteiger partial charge is 0.294 e. The summed E-state index contributed by atoms with van der Waals surface area (Å²) in [5, 5.41) is -1.18. The van der Waals surface area contributed by atoms with Crippen LogP contribution in [0.1, 0.15) is 20.7 Å². The lowest BCUT2D eigenvalue weighted by Gasteiger charge is -2.03. The molecule has 5 nitrogen and oxygen atoms in total. The van der Waals surface area contributed by atoms with Crippen molar-refractivity contribution >= 4 is 70.9 Å². The fourth-order valence-electron chi connectivity index (χ4n) is 2.04. The van der Waals surface area contributed by atoms with Crippen LogP contribution in [-0.4, -0.2) is 36.8 Å². The Bertz CT molecular complexity index is 750. The number of benzene rings is 2. The van der Waals surface area contributed by atoms with E-state index in [0.29, 0.717) is 22.1 Å². The van der Waals surface area contributed by atoms with Crippen molar-refractivity contribution in [2.45, 2.75) is 0 Å². The van der Waals surface area contributed by atoms with E-state index in [0.717, 1.165) is 0 Å². The molecule has 0 aliphatic heterocycles. The van der Waals surface area contributed by atoms with Gasteiger partial charge in [-0.3, -0.25) is 19.2 Å². The van der Waals surface area contributed by atoms with Gasteiger partial charge in [-0.15, -0.1) is 0 Å². The van der Waals surface area contributed by atoms with Gasteiger partial charge in [0, 0.05) is 11.1 Å². The molecule has 0 spiro atoms. The Labute approximate surface area is 154 Å². The average Bonchev–Trinajstić information content (AvgIpc) is 2.55. The molecule has 0 unspecified atom stereocenters. The molecule has 2 aromatic rings. The predicted molar refractivity (Wildman–Crippen MR) is 98.7 cm³/mol. The highest BCUT2D eigenvalue weighted by atomic mass is 35.5. The van der Waals surface area contributed by atoms with Crippen LogP contribution < -0.4 is 10.9 Å². The first kappa shape index (κ1) is 19.0. The van der Waals surface area contributed by atoms with Crippen molar-refractivity contribution in [2.75, 3.05) is 0 Å². The van der Waals surface area contributed by atoms with Gasteiger partial charge >= 0.3 is 0 Å². The number of hydrogen-bond acceptors (Lipinski definition) is 5. The van der Waals surface area contributed by atoms with Crippen LogP contribution in [0.2, 0.25) is 0 Å². The summed E-state index contributed by atoms with van der Waals surface area (Å²) in [5.74, 6) is -1.41. The van der Waals surface area contributed by atoms with Gasteiger partial charge in [0.15, 0.2) is 0 Å². The van der Waals surface area contributed by atoms with E-state index in [1.165, 1.54) is 24.3 Å². The van der Waals surface area contributed by atoms with E-state index >= 15 is 0 Å². The highest BCUT2D eigenvalue weighted by Crippen LogP contribution is 2.02. The summed E-state index contributed by atoms with van der Waals surface area (Å²) >= 11 is 10.7. The van der Waals surface area contributed by atoms with Crippen molar-refractivity contribution in [1.29, 1.82) is 0 Å². The molecule has 0 aliphatic rings. The van der Waals surface area contributed by atoms with Crippen LogP contribution in [0.25, 0.3) is 0 Å². The number of carbonyl (C=O) groups excluding carboxylic acids is 4. The monoisotopic (exact) mass is 374 g/mol. The number of rotatable bonds is 6. The number of halogens is 2. The molecule has 0 radical (unpaired) electrons. The van der Waals surface area contributed by atoms with Crippen LogP contribution >= 0.6 is 23.2 Å². The van der Waals surface area contributed by atoms with Gasteiger partial charge in [-0.2, -0.15) is 0 Å². The van der Waals surface area contributed by atoms with Crippen LogP contribution in [0.3, 0.4) is 0 Å². The predicted octanol–water partition coefficient (Wildman–Crippen LogP) is 1.52. The molecule has 0 aromatic heterocycles. The van der Waals surface area contributed by atoms with Gasteiger partial charge in [-0.05, 0) is 23.2 Å². The van der Waals surface area contributed by atoms with Gasteiger partial charge < -0.3 is 4.74 Å². The molecule has 0 saturated heterocycles. The first-order valence-corrected chi connectivity index (χ1v) is 7.92. The summed E-state index contributed by atoms with van der Waals surface area (Å²) in [7, 11) is -0.218. The molecule has 2 aromatic carbocycles. The molecule has 25 heavy (non-hydrogen) atoms. The normalized spacial score (nSPS) is 9.84. The van der Waals surface area contributed by atoms with Crippen LogP contribution in [0.15, 0.2) is 48.5 Å². The Balaban J connectivity index is 1.88. The summed E-state index contributed by atoms with van der Waals surface area (Å²) in [4.78, 5) is 45.5. The fourth-order valence-corrected chi connectivity index (χ4v) is 2.29. The van der Waals surface area contributed by atoms with Gasteiger partial charge in [-0.25, -0.2) is 0 Å². The van der Waals surface area contributed by atoms with Crippen LogP contribution in [0.4, 0.5) is 9.59 Å². The van der Waals surface area contributed by atoms with Crippen molar-refractivity contribution in [3.8, 4) is 0 Å². The summed E-state index contributed by atoms with van der Waals surface area (Å²) in [6.07, 6.45) is 0. The zero-order chi connectivity index (χ0) is 18.4. The molecule has 0 saturated carbocycles. The molecule has 0 N–H and O–H groups in total. The maximum absolute atomic E-state index is 11.8. The second kappa shape index (κ2) is 8.65. The molecule has 0 bridgehead atoms. The van der Waals surface area contributed by atoms with E-state index in [1.807, 2.05) is 0 Å². The number of carbonyl (C=O) groups is 4. The second-order valence-electron chi connectivity index (χ2n) is 5.14. The lowest BCUT2D eigenvalue weighted by atomic mass is 9.68. The molecule has 0 heterocycles. The SMILES string of the molecule is O=C(Bc1ccc(C(=O)Cl)cc1)OC(=O)Bc1ccc(C(=O)Cl)cc1. The maximum Gasteiger partial charge on any atom is 0.294 e. The van der Waals surface area contributed by atoms with E-state index in [2.05, 4.69) is 0 Å². The Morgan fingerprint density at radius 3 is 1.24 bits per heavy atom. The second-order valence-corrected chi connectivity index (χ2v) is 5.83. The third-order valence-electron chi connectivity index (χ3n) is 3.29. The third kappa shape index (κ3) is 5.89. The van der Waals surface area contributed by atoms with Crippen molar-refractivity contribution in [1.82, 2.24) is 0 Å². The van der Waals surface area contributed by atoms with E-state index in [4.69, 9.17) is 27.9 Å². The standard InChI is InChI=1S/C16H10B2Cl2O5/c19-13(21)9-1-5-11(6-2-9)17-15(23)25-16(24)18-12-7-3-10(4-8-12)14(20)22/h1-8,17-18H. The van der Waals surface area contributed by atoms with Crippen LogP contribution in [0, 0.1) is 0 Å². The molecular weight excluding hydrogens is 365 g/mol. The molecule has 0 amide bonds. The van der Waals surface area contributed by atoms with Crippen LogP contribution in [-0.2, 0) is 4.74 Å². The Hall–Kier alpha value is -2.37. The lowest BCUT2D eigenvalue weighted by Crippen LogP contribution is -2.31. The van der Waals surface area contributed by atoms with Crippen molar-refractivity contribution in [2.24, 2.45) is 0 Å². The summed E-state index contributed by atoms with van der Waals surface area (Å²) in [6.45, 7) is 0. The Morgan fingerprint density at radius 2 is 0.960 bits per heavy atom. The third-order valence-corrected chi connectivity index (χ3v) is 3.72. The van der Waals surface area contributed by atoms with Crippen molar-refractivity contribution < 1.29 is 23.9 Å². The zero-order valence-corrected chi connectivity index (χ0v) is 14.3. The largest absolute Gasteiger partial charge is 0.410 e. The van der Waals surface area contributed by atoms with E-state index in [9.17, 15) is 19.2 Å². The Kier molecular flexibility index (Phi) is 6.56. The van der Waals surface area contributed by atoms with Crippen molar-refractivity contribution in [3.05, 3.63) is 59.7 Å². The topological polar surface area (TPSA) is 77.5 Å². The quantitative estimate of drug-likeness (QED) is 0.435. The minimum Gasteiger partial charge on any atom is -0.410 e. The first-order valence-electron chi connectivity index (χ1n) is 7.16. The lowest BCUT2D eigenvalue weighted by molar-refractivity contribution is 0.107. The average molecular weight is 375 g/mol. The van der Waals surface area contributed by atoms with E-state index < -0.39 is 22.2 Å². The Morgan fingerprint density at radius 1 is 0.640 bits per heavy atom. The minimum atomic E-state index is -0.706. The molecular formula is C16H10B2Cl2O5. The molecule has 124 valence electrons. The van der Waals surface area contributed by atoms with Gasteiger partial charge in [0.05, 0.1) is 0 Å².